The van der Waals surface area contributed by atoms with Crippen LogP contribution in [0.15, 0.2) is 83.3 Å². The van der Waals surface area contributed by atoms with Crippen molar-refractivity contribution in [3.63, 3.8) is 0 Å². The first-order valence-electron chi connectivity index (χ1n) is 9.83. The molecule has 0 fully saturated rings. The Bertz CT molecular complexity index is 1180. The summed E-state index contributed by atoms with van der Waals surface area (Å²) < 4.78 is 11.5. The lowest BCUT2D eigenvalue weighted by Gasteiger charge is -2.18. The van der Waals surface area contributed by atoms with Gasteiger partial charge >= 0.3 is 0 Å². The molecule has 1 heterocycles. The Labute approximate surface area is 184 Å². The lowest BCUT2D eigenvalue weighted by molar-refractivity contribution is 0.0934. The third-order valence-electron chi connectivity index (χ3n) is 4.63. The van der Waals surface area contributed by atoms with Crippen LogP contribution in [0.2, 0.25) is 5.02 Å². The lowest BCUT2D eigenvalue weighted by atomic mass is 10.1. The molecule has 3 aromatic carbocycles. The number of hydrogen-bond acceptors (Lipinski definition) is 5. The largest absolute Gasteiger partial charge is 0.493 e. The SMILES string of the molecule is CCOc1ccccc1C(=O)NC(c1nnc(-c2ccccc2)o1)c1ccccc1Cl. The summed E-state index contributed by atoms with van der Waals surface area (Å²) in [6, 6.07) is 23.0. The molecular formula is C24H20ClN3O3. The summed E-state index contributed by atoms with van der Waals surface area (Å²) in [7, 11) is 0. The highest BCUT2D eigenvalue weighted by Crippen LogP contribution is 2.30. The number of hydrogen-bond donors (Lipinski definition) is 1. The van der Waals surface area contributed by atoms with Gasteiger partial charge < -0.3 is 14.5 Å². The highest BCUT2D eigenvalue weighted by Gasteiger charge is 2.26. The highest BCUT2D eigenvalue weighted by atomic mass is 35.5. The van der Waals surface area contributed by atoms with Crippen LogP contribution in [0.3, 0.4) is 0 Å². The number of benzene rings is 3. The highest BCUT2D eigenvalue weighted by molar-refractivity contribution is 6.31. The smallest absolute Gasteiger partial charge is 0.255 e. The normalized spacial score (nSPS) is 11.7. The van der Waals surface area contributed by atoms with E-state index >= 15 is 0 Å². The van der Waals surface area contributed by atoms with Gasteiger partial charge in [0.1, 0.15) is 11.8 Å². The zero-order chi connectivity index (χ0) is 21.6. The van der Waals surface area contributed by atoms with Crippen LogP contribution < -0.4 is 10.1 Å². The average molecular weight is 434 g/mol. The third-order valence-corrected chi connectivity index (χ3v) is 4.98. The van der Waals surface area contributed by atoms with Crippen molar-refractivity contribution in [2.24, 2.45) is 0 Å². The molecule has 4 aromatic rings. The number of carbonyl (C=O) groups is 1. The maximum Gasteiger partial charge on any atom is 0.255 e. The summed E-state index contributed by atoms with van der Waals surface area (Å²) in [6.07, 6.45) is 0. The Kier molecular flexibility index (Phi) is 6.29. The Hall–Kier alpha value is -3.64. The summed E-state index contributed by atoms with van der Waals surface area (Å²) in [5.41, 5.74) is 1.84. The molecule has 0 saturated heterocycles. The van der Waals surface area contributed by atoms with Gasteiger partial charge in [-0.25, -0.2) is 0 Å². The molecule has 6 nitrogen and oxygen atoms in total. The van der Waals surface area contributed by atoms with Gasteiger partial charge in [0.2, 0.25) is 11.8 Å². The van der Waals surface area contributed by atoms with Crippen molar-refractivity contribution in [1.82, 2.24) is 15.5 Å². The van der Waals surface area contributed by atoms with Crippen molar-refractivity contribution in [3.05, 3.63) is 101 Å². The molecule has 31 heavy (non-hydrogen) atoms. The molecule has 1 amide bonds. The van der Waals surface area contributed by atoms with E-state index in [9.17, 15) is 4.79 Å². The molecule has 0 aliphatic carbocycles. The fourth-order valence-corrected chi connectivity index (χ4v) is 3.42. The summed E-state index contributed by atoms with van der Waals surface area (Å²) in [6.45, 7) is 2.31. The lowest BCUT2D eigenvalue weighted by Crippen LogP contribution is -2.30. The quantitative estimate of drug-likeness (QED) is 0.427. The molecule has 7 heteroatoms. The van der Waals surface area contributed by atoms with Gasteiger partial charge in [-0.2, -0.15) is 0 Å². The monoisotopic (exact) mass is 433 g/mol. The van der Waals surface area contributed by atoms with Crippen molar-refractivity contribution in [3.8, 4) is 17.2 Å². The second-order valence-corrected chi connectivity index (χ2v) is 7.08. The van der Waals surface area contributed by atoms with Crippen molar-refractivity contribution < 1.29 is 13.9 Å². The van der Waals surface area contributed by atoms with Crippen LogP contribution in [-0.4, -0.2) is 22.7 Å². The van der Waals surface area contributed by atoms with E-state index in [4.69, 9.17) is 20.8 Å². The number of nitrogens with zero attached hydrogens (tertiary/aromatic N) is 2. The van der Waals surface area contributed by atoms with E-state index in [2.05, 4.69) is 15.5 Å². The van der Waals surface area contributed by atoms with Crippen LogP contribution >= 0.6 is 11.6 Å². The first kappa shape index (κ1) is 20.6. The minimum atomic E-state index is -0.735. The van der Waals surface area contributed by atoms with E-state index in [1.54, 1.807) is 24.3 Å². The van der Waals surface area contributed by atoms with E-state index < -0.39 is 6.04 Å². The predicted molar refractivity (Wildman–Crippen MR) is 118 cm³/mol. The van der Waals surface area contributed by atoms with Crippen LogP contribution in [0.5, 0.6) is 5.75 Å². The second kappa shape index (κ2) is 9.45. The van der Waals surface area contributed by atoms with Crippen LogP contribution in [0.1, 0.15) is 34.8 Å². The van der Waals surface area contributed by atoms with Gasteiger partial charge in [-0.3, -0.25) is 4.79 Å². The van der Waals surface area contributed by atoms with Gasteiger partial charge in [0.25, 0.3) is 5.91 Å². The molecule has 0 bridgehead atoms. The molecule has 1 unspecified atom stereocenters. The molecule has 0 saturated carbocycles. The Morgan fingerprint density at radius 2 is 1.71 bits per heavy atom. The minimum Gasteiger partial charge on any atom is -0.493 e. The zero-order valence-electron chi connectivity index (χ0n) is 16.8. The fraction of sp³-hybridized carbons (Fsp3) is 0.125. The summed E-state index contributed by atoms with van der Waals surface area (Å²) in [4.78, 5) is 13.2. The van der Waals surface area contributed by atoms with Crippen LogP contribution in [0.25, 0.3) is 11.5 Å². The van der Waals surface area contributed by atoms with Crippen LogP contribution in [0, 0.1) is 0 Å². The molecule has 0 aliphatic heterocycles. The van der Waals surface area contributed by atoms with Crippen molar-refractivity contribution >= 4 is 17.5 Å². The summed E-state index contributed by atoms with van der Waals surface area (Å²) in [5.74, 6) is 0.746. The first-order valence-corrected chi connectivity index (χ1v) is 10.2. The molecular weight excluding hydrogens is 414 g/mol. The van der Waals surface area contributed by atoms with E-state index in [0.717, 1.165) is 5.56 Å². The molecule has 156 valence electrons. The molecule has 4 rings (SSSR count). The third kappa shape index (κ3) is 4.59. The van der Waals surface area contributed by atoms with E-state index in [-0.39, 0.29) is 11.8 Å². The van der Waals surface area contributed by atoms with Crippen molar-refractivity contribution in [2.45, 2.75) is 13.0 Å². The number of halogens is 1. The number of amides is 1. The number of rotatable bonds is 7. The second-order valence-electron chi connectivity index (χ2n) is 6.67. The van der Waals surface area contributed by atoms with Gasteiger partial charge in [0.15, 0.2) is 0 Å². The van der Waals surface area contributed by atoms with E-state index in [1.165, 1.54) is 0 Å². The number of para-hydroxylation sites is 1. The number of carbonyl (C=O) groups excluding carboxylic acids is 1. The molecule has 0 radical (unpaired) electrons. The molecule has 0 spiro atoms. The Morgan fingerprint density at radius 3 is 2.48 bits per heavy atom. The first-order chi connectivity index (χ1) is 15.2. The van der Waals surface area contributed by atoms with Crippen molar-refractivity contribution in [2.75, 3.05) is 6.61 Å². The molecule has 1 N–H and O–H groups in total. The Balaban J connectivity index is 1.71. The Morgan fingerprint density at radius 1 is 1.00 bits per heavy atom. The summed E-state index contributed by atoms with van der Waals surface area (Å²) >= 11 is 6.44. The van der Waals surface area contributed by atoms with Crippen LogP contribution in [-0.2, 0) is 0 Å². The number of ether oxygens (including phenoxy) is 1. The fourth-order valence-electron chi connectivity index (χ4n) is 3.17. The molecule has 1 atom stereocenters. The van der Waals surface area contributed by atoms with Gasteiger partial charge in [0, 0.05) is 16.1 Å². The maximum absolute atomic E-state index is 13.2. The minimum absolute atomic E-state index is 0.231. The van der Waals surface area contributed by atoms with Crippen molar-refractivity contribution in [1.29, 1.82) is 0 Å². The maximum atomic E-state index is 13.2. The van der Waals surface area contributed by atoms with Gasteiger partial charge in [-0.05, 0) is 37.3 Å². The van der Waals surface area contributed by atoms with Crippen LogP contribution in [0.4, 0.5) is 0 Å². The van der Waals surface area contributed by atoms with Gasteiger partial charge in [-0.15, -0.1) is 10.2 Å². The summed E-state index contributed by atoms with van der Waals surface area (Å²) in [5, 5.41) is 11.8. The topological polar surface area (TPSA) is 77.2 Å². The standard InChI is InChI=1S/C24H20ClN3O3/c1-2-30-20-15-9-7-13-18(20)22(29)26-21(17-12-6-8-14-19(17)25)24-28-27-23(31-24)16-10-4-3-5-11-16/h3-15,21H,2H2,1H3,(H,26,29). The van der Waals surface area contributed by atoms with E-state index in [0.29, 0.717) is 34.4 Å². The predicted octanol–water partition coefficient (Wildman–Crippen LogP) is 5.31. The van der Waals surface area contributed by atoms with Gasteiger partial charge in [-0.1, -0.05) is 60.1 Å². The number of nitrogens with one attached hydrogen (secondary N) is 1. The van der Waals surface area contributed by atoms with E-state index in [1.807, 2.05) is 61.5 Å². The molecule has 1 aromatic heterocycles. The molecule has 0 aliphatic rings. The number of aromatic nitrogens is 2. The zero-order valence-corrected chi connectivity index (χ0v) is 17.5. The van der Waals surface area contributed by atoms with Gasteiger partial charge in [0.05, 0.1) is 12.2 Å². The average Bonchev–Trinajstić information content (AvgIpc) is 3.29.